The van der Waals surface area contributed by atoms with Crippen LogP contribution in [0.3, 0.4) is 0 Å². The van der Waals surface area contributed by atoms with Crippen LogP contribution in [-0.2, 0) is 4.74 Å². The molecule has 1 saturated heterocycles. The van der Waals surface area contributed by atoms with Crippen molar-refractivity contribution in [2.75, 3.05) is 31.2 Å². The molecule has 0 radical (unpaired) electrons. The number of nitrogens with zero attached hydrogens (tertiary/aromatic N) is 1. The van der Waals surface area contributed by atoms with Gasteiger partial charge in [0.15, 0.2) is 0 Å². The van der Waals surface area contributed by atoms with E-state index in [9.17, 15) is 4.79 Å². The summed E-state index contributed by atoms with van der Waals surface area (Å²) in [4.78, 5) is 13.1. The fourth-order valence-corrected chi connectivity index (χ4v) is 1.91. The van der Waals surface area contributed by atoms with Gasteiger partial charge in [-0.05, 0) is 30.7 Å². The van der Waals surface area contributed by atoms with E-state index in [0.717, 1.165) is 37.6 Å². The minimum absolute atomic E-state index is 0.372. The second-order valence-electron chi connectivity index (χ2n) is 3.90. The summed E-state index contributed by atoms with van der Waals surface area (Å²) >= 11 is 0. The first kappa shape index (κ1) is 11.0. The SMILES string of the molecule is Cc1cc(N2CCOCC2)ccc1C(=O)O. The summed E-state index contributed by atoms with van der Waals surface area (Å²) in [5.74, 6) is -0.869. The van der Waals surface area contributed by atoms with E-state index in [4.69, 9.17) is 9.84 Å². The largest absolute Gasteiger partial charge is 0.478 e. The number of hydrogen-bond donors (Lipinski definition) is 1. The molecule has 0 bridgehead atoms. The number of hydrogen-bond acceptors (Lipinski definition) is 3. The molecule has 4 heteroatoms. The van der Waals surface area contributed by atoms with Gasteiger partial charge in [0.1, 0.15) is 0 Å². The Morgan fingerprint density at radius 2 is 2.06 bits per heavy atom. The standard InChI is InChI=1S/C12H15NO3/c1-9-8-10(2-3-11(9)12(14)15)13-4-6-16-7-5-13/h2-3,8H,4-7H2,1H3,(H,14,15). The number of benzene rings is 1. The van der Waals surface area contributed by atoms with Crippen LogP contribution in [0.2, 0.25) is 0 Å². The number of carboxylic acids is 1. The molecule has 1 aliphatic rings. The molecule has 0 atom stereocenters. The summed E-state index contributed by atoms with van der Waals surface area (Å²) in [6, 6.07) is 5.46. The number of rotatable bonds is 2. The molecule has 0 aliphatic carbocycles. The predicted octanol–water partition coefficient (Wildman–Crippen LogP) is 1.53. The van der Waals surface area contributed by atoms with Crippen molar-refractivity contribution in [1.82, 2.24) is 0 Å². The molecule has 0 aromatic heterocycles. The highest BCUT2D eigenvalue weighted by molar-refractivity contribution is 5.89. The van der Waals surface area contributed by atoms with Gasteiger partial charge in [-0.3, -0.25) is 0 Å². The Balaban J connectivity index is 2.23. The van der Waals surface area contributed by atoms with Crippen molar-refractivity contribution in [3.63, 3.8) is 0 Å². The average molecular weight is 221 g/mol. The van der Waals surface area contributed by atoms with Crippen LogP contribution in [0, 0.1) is 6.92 Å². The molecule has 1 N–H and O–H groups in total. The molecule has 1 aromatic rings. The Bertz CT molecular complexity index is 397. The Morgan fingerprint density at radius 1 is 1.38 bits per heavy atom. The van der Waals surface area contributed by atoms with Crippen LogP contribution in [0.15, 0.2) is 18.2 Å². The lowest BCUT2D eigenvalue weighted by Gasteiger charge is -2.29. The number of carbonyl (C=O) groups is 1. The zero-order valence-corrected chi connectivity index (χ0v) is 9.27. The van der Waals surface area contributed by atoms with E-state index in [-0.39, 0.29) is 0 Å². The van der Waals surface area contributed by atoms with E-state index in [1.807, 2.05) is 19.1 Å². The minimum atomic E-state index is -0.869. The molecule has 2 rings (SSSR count). The number of ether oxygens (including phenoxy) is 1. The highest BCUT2D eigenvalue weighted by Gasteiger charge is 2.13. The maximum absolute atomic E-state index is 10.9. The van der Waals surface area contributed by atoms with Crippen molar-refractivity contribution in [2.24, 2.45) is 0 Å². The van der Waals surface area contributed by atoms with E-state index in [1.165, 1.54) is 0 Å². The highest BCUT2D eigenvalue weighted by atomic mass is 16.5. The predicted molar refractivity (Wildman–Crippen MR) is 61.2 cm³/mol. The number of aryl methyl sites for hydroxylation is 1. The van der Waals surface area contributed by atoms with Gasteiger partial charge in [-0.15, -0.1) is 0 Å². The van der Waals surface area contributed by atoms with Crippen LogP contribution in [0.1, 0.15) is 15.9 Å². The van der Waals surface area contributed by atoms with Crippen LogP contribution >= 0.6 is 0 Å². The second kappa shape index (κ2) is 4.53. The maximum Gasteiger partial charge on any atom is 0.335 e. The third-order valence-electron chi connectivity index (χ3n) is 2.82. The number of carboxylic acid groups (broad SMARTS) is 1. The summed E-state index contributed by atoms with van der Waals surface area (Å²) < 4.78 is 5.28. The summed E-state index contributed by atoms with van der Waals surface area (Å²) in [6.45, 7) is 5.03. The third-order valence-corrected chi connectivity index (χ3v) is 2.82. The number of aromatic carboxylic acids is 1. The maximum atomic E-state index is 10.9. The smallest absolute Gasteiger partial charge is 0.335 e. The van der Waals surface area contributed by atoms with E-state index in [2.05, 4.69) is 4.90 Å². The first-order valence-electron chi connectivity index (χ1n) is 5.35. The van der Waals surface area contributed by atoms with Crippen LogP contribution in [0.4, 0.5) is 5.69 Å². The van der Waals surface area contributed by atoms with Crippen molar-refractivity contribution in [3.05, 3.63) is 29.3 Å². The highest BCUT2D eigenvalue weighted by Crippen LogP contribution is 2.20. The van der Waals surface area contributed by atoms with Crippen LogP contribution in [-0.4, -0.2) is 37.4 Å². The molecule has 4 nitrogen and oxygen atoms in total. The molecule has 86 valence electrons. The zero-order chi connectivity index (χ0) is 11.5. The van der Waals surface area contributed by atoms with Crippen molar-refractivity contribution in [1.29, 1.82) is 0 Å². The topological polar surface area (TPSA) is 49.8 Å². The third kappa shape index (κ3) is 2.17. The van der Waals surface area contributed by atoms with E-state index in [0.29, 0.717) is 5.56 Å². The molecular weight excluding hydrogens is 206 g/mol. The van der Waals surface area contributed by atoms with Gasteiger partial charge in [0.2, 0.25) is 0 Å². The molecular formula is C12H15NO3. The van der Waals surface area contributed by atoms with Gasteiger partial charge in [-0.2, -0.15) is 0 Å². The molecule has 0 unspecified atom stereocenters. The van der Waals surface area contributed by atoms with Crippen LogP contribution < -0.4 is 4.90 Å². The summed E-state index contributed by atoms with van der Waals surface area (Å²) in [5.41, 5.74) is 2.25. The lowest BCUT2D eigenvalue weighted by Crippen LogP contribution is -2.36. The van der Waals surface area contributed by atoms with Gasteiger partial charge in [-0.25, -0.2) is 4.79 Å². The van der Waals surface area contributed by atoms with Crippen molar-refractivity contribution >= 4 is 11.7 Å². The first-order chi connectivity index (χ1) is 7.68. The fraction of sp³-hybridized carbons (Fsp3) is 0.417. The first-order valence-corrected chi connectivity index (χ1v) is 5.35. The second-order valence-corrected chi connectivity index (χ2v) is 3.90. The number of morpholine rings is 1. The summed E-state index contributed by atoms with van der Waals surface area (Å²) in [6.07, 6.45) is 0. The van der Waals surface area contributed by atoms with Crippen molar-refractivity contribution < 1.29 is 14.6 Å². The van der Waals surface area contributed by atoms with Gasteiger partial charge in [0, 0.05) is 18.8 Å². The molecule has 1 heterocycles. The quantitative estimate of drug-likeness (QED) is 0.822. The Hall–Kier alpha value is -1.55. The van der Waals surface area contributed by atoms with Crippen LogP contribution in [0.5, 0.6) is 0 Å². The van der Waals surface area contributed by atoms with Gasteiger partial charge in [0.05, 0.1) is 18.8 Å². The zero-order valence-electron chi connectivity index (χ0n) is 9.27. The van der Waals surface area contributed by atoms with Crippen LogP contribution in [0.25, 0.3) is 0 Å². The summed E-state index contributed by atoms with van der Waals surface area (Å²) in [5, 5.41) is 8.93. The average Bonchev–Trinajstić information content (AvgIpc) is 2.29. The Labute approximate surface area is 94.4 Å². The van der Waals surface area contributed by atoms with Gasteiger partial charge in [0.25, 0.3) is 0 Å². The molecule has 16 heavy (non-hydrogen) atoms. The molecule has 0 saturated carbocycles. The fourth-order valence-electron chi connectivity index (χ4n) is 1.91. The lowest BCUT2D eigenvalue weighted by molar-refractivity contribution is 0.0696. The molecule has 1 aromatic carbocycles. The van der Waals surface area contributed by atoms with Gasteiger partial charge < -0.3 is 14.7 Å². The van der Waals surface area contributed by atoms with Gasteiger partial charge >= 0.3 is 5.97 Å². The van der Waals surface area contributed by atoms with Gasteiger partial charge in [-0.1, -0.05) is 0 Å². The van der Waals surface area contributed by atoms with Crippen molar-refractivity contribution in [2.45, 2.75) is 6.92 Å². The minimum Gasteiger partial charge on any atom is -0.478 e. The number of anilines is 1. The summed E-state index contributed by atoms with van der Waals surface area (Å²) in [7, 11) is 0. The molecule has 1 fully saturated rings. The van der Waals surface area contributed by atoms with E-state index >= 15 is 0 Å². The van der Waals surface area contributed by atoms with Crippen molar-refractivity contribution in [3.8, 4) is 0 Å². The molecule has 0 amide bonds. The lowest BCUT2D eigenvalue weighted by atomic mass is 10.1. The van der Waals surface area contributed by atoms with E-state index in [1.54, 1.807) is 6.07 Å². The Kier molecular flexibility index (Phi) is 3.10. The monoisotopic (exact) mass is 221 g/mol. The molecule has 0 spiro atoms. The normalized spacial score (nSPS) is 16.2. The van der Waals surface area contributed by atoms with E-state index < -0.39 is 5.97 Å². The molecule has 1 aliphatic heterocycles. The Morgan fingerprint density at radius 3 is 2.62 bits per heavy atom.